The molecule has 4 heteroatoms. The fourth-order valence-electron chi connectivity index (χ4n) is 1.45. The van der Waals surface area contributed by atoms with Crippen molar-refractivity contribution in [3.05, 3.63) is 0 Å². The zero-order valence-electron chi connectivity index (χ0n) is 9.74. The highest BCUT2D eigenvalue weighted by Gasteiger charge is 2.15. The molecule has 1 aliphatic rings. The molecule has 1 aliphatic heterocycles. The average molecular weight is 234 g/mol. The fourth-order valence-corrected chi connectivity index (χ4v) is 2.94. The van der Waals surface area contributed by atoms with Gasteiger partial charge >= 0.3 is 0 Å². The van der Waals surface area contributed by atoms with Gasteiger partial charge in [0.2, 0.25) is 0 Å². The maximum atomic E-state index is 11.7. The molecule has 0 aromatic heterocycles. The van der Waals surface area contributed by atoms with E-state index in [1.807, 2.05) is 0 Å². The summed E-state index contributed by atoms with van der Waals surface area (Å²) in [6.07, 6.45) is 2.73. The minimum atomic E-state index is -0.712. The average Bonchev–Trinajstić information content (AvgIpc) is 2.27. The van der Waals surface area contributed by atoms with Gasteiger partial charge in [0, 0.05) is 28.7 Å². The Morgan fingerprint density at radius 3 is 2.67 bits per heavy atom. The molecule has 0 aromatic carbocycles. The van der Waals surface area contributed by atoms with Crippen molar-refractivity contribution >= 4 is 10.8 Å². The van der Waals surface area contributed by atoms with Crippen molar-refractivity contribution in [3.63, 3.8) is 0 Å². The van der Waals surface area contributed by atoms with E-state index < -0.39 is 10.8 Å². The zero-order chi connectivity index (χ0) is 11.1. The highest BCUT2D eigenvalue weighted by atomic mass is 32.2. The van der Waals surface area contributed by atoms with Crippen molar-refractivity contribution in [1.82, 2.24) is 0 Å². The minimum absolute atomic E-state index is 0.111. The smallest absolute Gasteiger partial charge is 0.158 e. The molecule has 0 saturated carbocycles. The SMILES string of the molecule is CCC(C)CS(=O)CCC1OCCCO1. The first-order valence-electron chi connectivity index (χ1n) is 5.80. The molecule has 0 aliphatic carbocycles. The molecule has 2 atom stereocenters. The van der Waals surface area contributed by atoms with E-state index in [1.54, 1.807) is 0 Å². The Balaban J connectivity index is 2.10. The van der Waals surface area contributed by atoms with Crippen LogP contribution in [0.3, 0.4) is 0 Å². The van der Waals surface area contributed by atoms with Crippen molar-refractivity contribution in [3.8, 4) is 0 Å². The number of ether oxygens (including phenoxy) is 2. The van der Waals surface area contributed by atoms with E-state index in [0.717, 1.165) is 38.2 Å². The van der Waals surface area contributed by atoms with Crippen LogP contribution in [0, 0.1) is 5.92 Å². The van der Waals surface area contributed by atoms with Gasteiger partial charge in [-0.15, -0.1) is 0 Å². The quantitative estimate of drug-likeness (QED) is 0.704. The molecule has 90 valence electrons. The summed E-state index contributed by atoms with van der Waals surface area (Å²) in [4.78, 5) is 0. The van der Waals surface area contributed by atoms with Crippen LogP contribution >= 0.6 is 0 Å². The van der Waals surface area contributed by atoms with Crippen LogP contribution < -0.4 is 0 Å². The molecule has 1 rings (SSSR count). The van der Waals surface area contributed by atoms with Crippen molar-refractivity contribution in [2.75, 3.05) is 24.7 Å². The predicted octanol–water partition coefficient (Wildman–Crippen LogP) is 1.93. The second-order valence-electron chi connectivity index (χ2n) is 4.14. The topological polar surface area (TPSA) is 35.5 Å². The van der Waals surface area contributed by atoms with Crippen LogP contribution in [0.2, 0.25) is 0 Å². The molecule has 0 aromatic rings. The third-order valence-electron chi connectivity index (χ3n) is 2.64. The fraction of sp³-hybridized carbons (Fsp3) is 1.00. The Hall–Kier alpha value is 0.0700. The Bertz CT molecular complexity index is 190. The second-order valence-corrected chi connectivity index (χ2v) is 5.76. The molecule has 0 radical (unpaired) electrons. The molecule has 1 heterocycles. The Labute approximate surface area is 95.0 Å². The largest absolute Gasteiger partial charge is 0.353 e. The van der Waals surface area contributed by atoms with Crippen LogP contribution in [0.25, 0.3) is 0 Å². The van der Waals surface area contributed by atoms with E-state index in [-0.39, 0.29) is 6.29 Å². The van der Waals surface area contributed by atoms with E-state index in [4.69, 9.17) is 9.47 Å². The first kappa shape index (κ1) is 13.1. The van der Waals surface area contributed by atoms with Crippen molar-refractivity contribution in [1.29, 1.82) is 0 Å². The third-order valence-corrected chi connectivity index (χ3v) is 4.28. The van der Waals surface area contributed by atoms with Gasteiger partial charge in [0.25, 0.3) is 0 Å². The monoisotopic (exact) mass is 234 g/mol. The summed E-state index contributed by atoms with van der Waals surface area (Å²) in [5, 5.41) is 0. The van der Waals surface area contributed by atoms with Gasteiger partial charge in [-0.05, 0) is 12.3 Å². The lowest BCUT2D eigenvalue weighted by Crippen LogP contribution is -2.26. The molecule has 0 amide bonds. The number of rotatable bonds is 6. The standard InChI is InChI=1S/C11H22O3S/c1-3-10(2)9-15(12)8-5-11-13-6-4-7-14-11/h10-11H,3-9H2,1-2H3. The van der Waals surface area contributed by atoms with Crippen molar-refractivity contribution in [2.45, 2.75) is 39.4 Å². The van der Waals surface area contributed by atoms with Gasteiger partial charge in [0.1, 0.15) is 0 Å². The van der Waals surface area contributed by atoms with E-state index >= 15 is 0 Å². The van der Waals surface area contributed by atoms with Crippen LogP contribution in [-0.4, -0.2) is 35.2 Å². The van der Waals surface area contributed by atoms with Gasteiger partial charge in [-0.1, -0.05) is 20.3 Å². The zero-order valence-corrected chi connectivity index (χ0v) is 10.6. The molecule has 15 heavy (non-hydrogen) atoms. The summed E-state index contributed by atoms with van der Waals surface area (Å²) in [6, 6.07) is 0. The predicted molar refractivity (Wildman–Crippen MR) is 62.3 cm³/mol. The van der Waals surface area contributed by atoms with Crippen LogP contribution in [0.5, 0.6) is 0 Å². The summed E-state index contributed by atoms with van der Waals surface area (Å²) in [5.41, 5.74) is 0. The van der Waals surface area contributed by atoms with Crippen molar-refractivity contribution in [2.24, 2.45) is 5.92 Å². The highest BCUT2D eigenvalue weighted by molar-refractivity contribution is 7.84. The molecular formula is C11H22O3S. The summed E-state index contributed by atoms with van der Waals surface area (Å²) in [5.74, 6) is 2.07. The first-order valence-corrected chi connectivity index (χ1v) is 7.29. The minimum Gasteiger partial charge on any atom is -0.353 e. The van der Waals surface area contributed by atoms with Gasteiger partial charge in [-0.3, -0.25) is 4.21 Å². The molecule has 1 saturated heterocycles. The highest BCUT2D eigenvalue weighted by Crippen LogP contribution is 2.10. The van der Waals surface area contributed by atoms with Crippen molar-refractivity contribution < 1.29 is 13.7 Å². The normalized spacial score (nSPS) is 22.5. The van der Waals surface area contributed by atoms with Gasteiger partial charge < -0.3 is 9.47 Å². The van der Waals surface area contributed by atoms with Crippen LogP contribution in [0.15, 0.2) is 0 Å². The summed E-state index contributed by atoms with van der Waals surface area (Å²) in [6.45, 7) is 5.84. The molecule has 1 fully saturated rings. The Kier molecular flexibility index (Phi) is 6.45. The summed E-state index contributed by atoms with van der Waals surface area (Å²) < 4.78 is 22.5. The van der Waals surface area contributed by atoms with Gasteiger partial charge in [0.15, 0.2) is 6.29 Å². The van der Waals surface area contributed by atoms with Crippen LogP contribution in [-0.2, 0) is 20.3 Å². The van der Waals surface area contributed by atoms with Gasteiger partial charge in [0.05, 0.1) is 13.2 Å². The van der Waals surface area contributed by atoms with E-state index in [0.29, 0.717) is 11.7 Å². The number of hydrogen-bond donors (Lipinski definition) is 0. The van der Waals surface area contributed by atoms with Gasteiger partial charge in [-0.2, -0.15) is 0 Å². The van der Waals surface area contributed by atoms with Gasteiger partial charge in [-0.25, -0.2) is 0 Å². The lowest BCUT2D eigenvalue weighted by molar-refractivity contribution is -0.178. The Morgan fingerprint density at radius 2 is 2.07 bits per heavy atom. The second kappa shape index (κ2) is 7.36. The maximum absolute atomic E-state index is 11.7. The number of hydrogen-bond acceptors (Lipinski definition) is 3. The lowest BCUT2D eigenvalue weighted by Gasteiger charge is -2.23. The maximum Gasteiger partial charge on any atom is 0.158 e. The molecule has 3 nitrogen and oxygen atoms in total. The van der Waals surface area contributed by atoms with E-state index in [9.17, 15) is 4.21 Å². The molecule has 0 bridgehead atoms. The van der Waals surface area contributed by atoms with Crippen LogP contribution in [0.4, 0.5) is 0 Å². The first-order chi connectivity index (χ1) is 7.22. The van der Waals surface area contributed by atoms with Crippen LogP contribution in [0.1, 0.15) is 33.1 Å². The molecular weight excluding hydrogens is 212 g/mol. The molecule has 0 spiro atoms. The molecule has 2 unspecified atom stereocenters. The Morgan fingerprint density at radius 1 is 1.40 bits per heavy atom. The van der Waals surface area contributed by atoms with E-state index in [1.165, 1.54) is 0 Å². The summed E-state index contributed by atoms with van der Waals surface area (Å²) in [7, 11) is -0.712. The summed E-state index contributed by atoms with van der Waals surface area (Å²) >= 11 is 0. The van der Waals surface area contributed by atoms with E-state index in [2.05, 4.69) is 13.8 Å². The lowest BCUT2D eigenvalue weighted by atomic mass is 10.2. The molecule has 0 N–H and O–H groups in total. The third kappa shape index (κ3) is 5.64.